The van der Waals surface area contributed by atoms with Gasteiger partial charge in [0.2, 0.25) is 5.95 Å². The Bertz CT molecular complexity index is 592. The molecule has 3 heterocycles. The van der Waals surface area contributed by atoms with Crippen molar-refractivity contribution in [3.63, 3.8) is 0 Å². The maximum Gasteiger partial charge on any atom is 0.345 e. The standard InChI is InChI=1S/C8H7ClN4O2S2/c9-6-10-1-5(16-6)2-12-3-15-4-13-7(12)11-8(14)17-13/h1H,2-4H2. The van der Waals surface area contributed by atoms with Crippen LogP contribution in [-0.2, 0) is 18.0 Å². The fourth-order valence-corrected chi connectivity index (χ4v) is 3.23. The van der Waals surface area contributed by atoms with Crippen LogP contribution in [0.15, 0.2) is 11.0 Å². The van der Waals surface area contributed by atoms with Gasteiger partial charge in [-0.3, -0.25) is 4.79 Å². The molecule has 0 fully saturated rings. The van der Waals surface area contributed by atoms with Crippen LogP contribution in [0.1, 0.15) is 4.88 Å². The van der Waals surface area contributed by atoms with Gasteiger partial charge in [-0.25, -0.2) is 8.94 Å². The lowest BCUT2D eigenvalue weighted by Gasteiger charge is -2.27. The molecule has 0 N–H and O–H groups in total. The van der Waals surface area contributed by atoms with E-state index in [0.717, 1.165) is 16.4 Å². The van der Waals surface area contributed by atoms with Crippen molar-refractivity contribution in [1.82, 2.24) is 13.9 Å². The van der Waals surface area contributed by atoms with E-state index < -0.39 is 0 Å². The number of anilines is 1. The van der Waals surface area contributed by atoms with E-state index in [2.05, 4.69) is 9.97 Å². The van der Waals surface area contributed by atoms with E-state index in [1.165, 1.54) is 11.3 Å². The third kappa shape index (κ3) is 2.21. The summed E-state index contributed by atoms with van der Waals surface area (Å²) in [4.78, 5) is 21.8. The van der Waals surface area contributed by atoms with Crippen LogP contribution in [0, 0.1) is 0 Å². The first-order chi connectivity index (χ1) is 8.22. The lowest BCUT2D eigenvalue weighted by Crippen LogP contribution is -2.32. The number of hydrogen-bond donors (Lipinski definition) is 0. The average Bonchev–Trinajstić information content (AvgIpc) is 2.84. The van der Waals surface area contributed by atoms with Crippen LogP contribution < -0.4 is 9.77 Å². The highest BCUT2D eigenvalue weighted by molar-refractivity contribution is 7.15. The molecular formula is C8H7ClN4O2S2. The molecule has 0 aromatic carbocycles. The van der Waals surface area contributed by atoms with Gasteiger partial charge in [0.05, 0.1) is 6.54 Å². The molecule has 0 radical (unpaired) electrons. The van der Waals surface area contributed by atoms with Gasteiger partial charge in [-0.1, -0.05) is 11.6 Å². The molecular weight excluding hydrogens is 284 g/mol. The molecule has 1 aliphatic heterocycles. The highest BCUT2D eigenvalue weighted by atomic mass is 35.5. The minimum atomic E-state index is -0.210. The Morgan fingerprint density at radius 1 is 1.53 bits per heavy atom. The molecule has 0 saturated carbocycles. The number of aromatic nitrogens is 3. The van der Waals surface area contributed by atoms with Crippen molar-refractivity contribution in [3.8, 4) is 0 Å². The number of nitrogens with zero attached hydrogens (tertiary/aromatic N) is 4. The summed E-state index contributed by atoms with van der Waals surface area (Å²) in [5.41, 5.74) is 0. The van der Waals surface area contributed by atoms with E-state index in [1.807, 2.05) is 4.90 Å². The molecule has 0 amide bonds. The van der Waals surface area contributed by atoms with Gasteiger partial charge in [0.1, 0.15) is 13.5 Å². The van der Waals surface area contributed by atoms with Gasteiger partial charge in [0.25, 0.3) is 0 Å². The van der Waals surface area contributed by atoms with Gasteiger partial charge in [-0.05, 0) is 0 Å². The van der Waals surface area contributed by atoms with Crippen molar-refractivity contribution in [1.29, 1.82) is 0 Å². The molecule has 1 aliphatic rings. The average molecular weight is 291 g/mol. The Kier molecular flexibility index (Phi) is 2.87. The lowest BCUT2D eigenvalue weighted by atomic mass is 10.5. The summed E-state index contributed by atoms with van der Waals surface area (Å²) < 4.78 is 7.61. The SMILES string of the molecule is O=c1nc2n(s1)COCN2Cc1cnc(Cl)s1. The van der Waals surface area contributed by atoms with Crippen LogP contribution in [0.3, 0.4) is 0 Å². The highest BCUT2D eigenvalue weighted by Crippen LogP contribution is 2.24. The Labute approximate surface area is 109 Å². The maximum absolute atomic E-state index is 11.2. The fraction of sp³-hybridized carbons (Fsp3) is 0.375. The monoisotopic (exact) mass is 290 g/mol. The van der Waals surface area contributed by atoms with Crippen molar-refractivity contribution in [3.05, 3.63) is 25.2 Å². The van der Waals surface area contributed by atoms with Gasteiger partial charge in [-0.2, -0.15) is 4.98 Å². The predicted octanol–water partition coefficient (Wildman–Crippen LogP) is 1.37. The van der Waals surface area contributed by atoms with E-state index in [9.17, 15) is 4.79 Å². The Balaban J connectivity index is 1.87. The van der Waals surface area contributed by atoms with Crippen molar-refractivity contribution in [2.75, 3.05) is 11.6 Å². The van der Waals surface area contributed by atoms with E-state index in [4.69, 9.17) is 16.3 Å². The molecule has 0 bridgehead atoms. The third-order valence-electron chi connectivity index (χ3n) is 2.21. The molecule has 6 nitrogen and oxygen atoms in total. The van der Waals surface area contributed by atoms with E-state index in [-0.39, 0.29) is 4.87 Å². The first kappa shape index (κ1) is 11.1. The lowest BCUT2D eigenvalue weighted by molar-refractivity contribution is 0.0651. The van der Waals surface area contributed by atoms with E-state index in [1.54, 1.807) is 10.2 Å². The first-order valence-corrected chi connectivity index (χ1v) is 6.70. The summed E-state index contributed by atoms with van der Waals surface area (Å²) >= 11 is 8.23. The quantitative estimate of drug-likeness (QED) is 0.836. The molecule has 3 rings (SSSR count). The molecule has 17 heavy (non-hydrogen) atoms. The maximum atomic E-state index is 11.2. The van der Waals surface area contributed by atoms with Crippen LogP contribution in [-0.4, -0.2) is 20.7 Å². The largest absolute Gasteiger partial charge is 0.345 e. The minimum Gasteiger partial charge on any atom is -0.339 e. The predicted molar refractivity (Wildman–Crippen MR) is 65.6 cm³/mol. The van der Waals surface area contributed by atoms with Gasteiger partial charge in [0, 0.05) is 22.6 Å². The zero-order valence-electron chi connectivity index (χ0n) is 8.50. The Morgan fingerprint density at radius 3 is 3.18 bits per heavy atom. The number of thiazole rings is 1. The zero-order chi connectivity index (χ0) is 11.8. The Hall–Kier alpha value is -0.960. The molecule has 2 aromatic heterocycles. The van der Waals surface area contributed by atoms with Gasteiger partial charge < -0.3 is 9.64 Å². The summed E-state index contributed by atoms with van der Waals surface area (Å²) in [6, 6.07) is 0. The van der Waals surface area contributed by atoms with Gasteiger partial charge in [0.15, 0.2) is 4.47 Å². The third-order valence-corrected chi connectivity index (χ3v) is 4.05. The second kappa shape index (κ2) is 4.37. The van der Waals surface area contributed by atoms with Crippen LogP contribution >= 0.6 is 34.5 Å². The Morgan fingerprint density at radius 2 is 2.41 bits per heavy atom. The molecule has 0 aliphatic carbocycles. The molecule has 0 unspecified atom stereocenters. The van der Waals surface area contributed by atoms with Gasteiger partial charge in [-0.15, -0.1) is 11.3 Å². The summed E-state index contributed by atoms with van der Waals surface area (Å²) in [7, 11) is 0. The van der Waals surface area contributed by atoms with Crippen molar-refractivity contribution in [2.45, 2.75) is 13.3 Å². The highest BCUT2D eigenvalue weighted by Gasteiger charge is 2.21. The molecule has 90 valence electrons. The van der Waals surface area contributed by atoms with Crippen LogP contribution in [0.4, 0.5) is 5.95 Å². The zero-order valence-corrected chi connectivity index (χ0v) is 10.9. The minimum absolute atomic E-state index is 0.210. The number of fused-ring (bicyclic) bond motifs is 1. The number of halogens is 1. The smallest absolute Gasteiger partial charge is 0.339 e. The molecule has 9 heteroatoms. The second-order valence-electron chi connectivity index (χ2n) is 3.39. The van der Waals surface area contributed by atoms with Crippen LogP contribution in [0.25, 0.3) is 0 Å². The molecule has 2 aromatic rings. The number of ether oxygens (including phenoxy) is 1. The second-order valence-corrected chi connectivity index (χ2v) is 6.06. The van der Waals surface area contributed by atoms with Crippen LogP contribution in [0.2, 0.25) is 4.47 Å². The van der Waals surface area contributed by atoms with E-state index >= 15 is 0 Å². The summed E-state index contributed by atoms with van der Waals surface area (Å²) in [6.07, 6.45) is 1.72. The van der Waals surface area contributed by atoms with Gasteiger partial charge >= 0.3 is 4.87 Å². The topological polar surface area (TPSA) is 60.3 Å². The molecule has 0 atom stereocenters. The summed E-state index contributed by atoms with van der Waals surface area (Å²) in [5.74, 6) is 0.649. The van der Waals surface area contributed by atoms with Crippen molar-refractivity contribution >= 4 is 40.4 Å². The van der Waals surface area contributed by atoms with Crippen molar-refractivity contribution in [2.24, 2.45) is 0 Å². The van der Waals surface area contributed by atoms with Crippen LogP contribution in [0.5, 0.6) is 0 Å². The van der Waals surface area contributed by atoms with E-state index in [0.29, 0.717) is 30.4 Å². The normalized spacial score (nSPS) is 15.0. The van der Waals surface area contributed by atoms with Crippen molar-refractivity contribution < 1.29 is 4.74 Å². The number of rotatable bonds is 2. The summed E-state index contributed by atoms with van der Waals surface area (Å²) in [6.45, 7) is 1.39. The fourth-order valence-electron chi connectivity index (χ4n) is 1.56. The number of hydrogen-bond acceptors (Lipinski definition) is 7. The molecule has 0 spiro atoms. The summed E-state index contributed by atoms with van der Waals surface area (Å²) in [5, 5.41) is 0. The molecule has 0 saturated heterocycles. The first-order valence-electron chi connectivity index (χ1n) is 4.73.